The monoisotopic (exact) mass is 402 g/mol. The minimum absolute atomic E-state index is 0.256. The second-order valence-electron chi connectivity index (χ2n) is 6.42. The zero-order valence-corrected chi connectivity index (χ0v) is 15.7. The van der Waals surface area contributed by atoms with Gasteiger partial charge in [0.1, 0.15) is 12.2 Å². The molecule has 0 aromatic heterocycles. The van der Waals surface area contributed by atoms with E-state index in [1.165, 1.54) is 7.11 Å². The van der Waals surface area contributed by atoms with Crippen molar-refractivity contribution in [2.24, 2.45) is 0 Å². The SMILES string of the molecule is CO[C@@H]1C(CO)O[C@@H](O)C(OC(=O)c2ccccc2)[C@H]1OC(=O)c1ccccc1. The van der Waals surface area contributed by atoms with Crippen molar-refractivity contribution in [2.45, 2.75) is 30.7 Å². The van der Waals surface area contributed by atoms with Crippen molar-refractivity contribution >= 4 is 11.9 Å². The molecular weight excluding hydrogens is 380 g/mol. The molecule has 1 aliphatic rings. The molecule has 0 saturated carbocycles. The van der Waals surface area contributed by atoms with E-state index < -0.39 is 49.3 Å². The highest BCUT2D eigenvalue weighted by Crippen LogP contribution is 2.28. The predicted octanol–water partition coefficient (Wildman–Crippen LogP) is 1.16. The van der Waals surface area contributed by atoms with Crippen LogP contribution in [0.15, 0.2) is 60.7 Å². The van der Waals surface area contributed by atoms with Crippen LogP contribution in [-0.2, 0) is 18.9 Å². The first-order valence-corrected chi connectivity index (χ1v) is 9.04. The molecule has 3 rings (SSSR count). The number of hydrogen-bond donors (Lipinski definition) is 2. The fourth-order valence-corrected chi connectivity index (χ4v) is 3.12. The molecule has 0 spiro atoms. The van der Waals surface area contributed by atoms with Gasteiger partial charge in [-0.15, -0.1) is 0 Å². The van der Waals surface area contributed by atoms with Gasteiger partial charge in [0, 0.05) is 7.11 Å². The van der Waals surface area contributed by atoms with Crippen LogP contribution in [0.3, 0.4) is 0 Å². The van der Waals surface area contributed by atoms with Crippen molar-refractivity contribution in [3.05, 3.63) is 71.8 Å². The maximum atomic E-state index is 12.6. The first-order chi connectivity index (χ1) is 14.0. The summed E-state index contributed by atoms with van der Waals surface area (Å²) in [7, 11) is 1.34. The molecule has 2 aromatic rings. The van der Waals surface area contributed by atoms with Crippen LogP contribution in [0, 0.1) is 0 Å². The molecule has 1 saturated heterocycles. The summed E-state index contributed by atoms with van der Waals surface area (Å²) in [6, 6.07) is 16.4. The molecule has 29 heavy (non-hydrogen) atoms. The Labute approximate surface area is 167 Å². The maximum Gasteiger partial charge on any atom is 0.338 e. The Morgan fingerprint density at radius 2 is 1.34 bits per heavy atom. The van der Waals surface area contributed by atoms with E-state index in [-0.39, 0.29) is 11.1 Å². The standard InChI is InChI=1S/C21H22O8/c1-26-16-15(12-22)27-21(25)18(29-20(24)14-10-6-3-7-11-14)17(16)28-19(23)13-8-4-2-5-9-13/h2-11,15-18,21-22,25H,12H2,1H3/t15?,16-,17+,18?,21-/m1/s1. The number of aliphatic hydroxyl groups excluding tert-OH is 2. The third kappa shape index (κ3) is 4.80. The maximum absolute atomic E-state index is 12.6. The minimum atomic E-state index is -1.63. The highest BCUT2D eigenvalue weighted by molar-refractivity contribution is 5.90. The van der Waals surface area contributed by atoms with Gasteiger partial charge in [0.15, 0.2) is 18.5 Å². The van der Waals surface area contributed by atoms with Gasteiger partial charge in [0.2, 0.25) is 0 Å². The van der Waals surface area contributed by atoms with Gasteiger partial charge in [-0.2, -0.15) is 0 Å². The second-order valence-corrected chi connectivity index (χ2v) is 6.42. The molecule has 8 heteroatoms. The number of aliphatic hydroxyl groups is 2. The minimum Gasteiger partial charge on any atom is -0.452 e. The van der Waals surface area contributed by atoms with Gasteiger partial charge < -0.3 is 29.2 Å². The summed E-state index contributed by atoms with van der Waals surface area (Å²) in [6.45, 7) is -0.492. The van der Waals surface area contributed by atoms with Crippen LogP contribution in [0.5, 0.6) is 0 Å². The summed E-state index contributed by atoms with van der Waals surface area (Å²) >= 11 is 0. The molecule has 0 bridgehead atoms. The summed E-state index contributed by atoms with van der Waals surface area (Å²) < 4.78 is 21.6. The topological polar surface area (TPSA) is 112 Å². The molecule has 8 nitrogen and oxygen atoms in total. The van der Waals surface area contributed by atoms with E-state index in [2.05, 4.69) is 0 Å². The quantitative estimate of drug-likeness (QED) is 0.693. The van der Waals surface area contributed by atoms with Gasteiger partial charge in [-0.05, 0) is 24.3 Å². The molecule has 1 aliphatic heterocycles. The molecule has 2 N–H and O–H groups in total. The van der Waals surface area contributed by atoms with Gasteiger partial charge >= 0.3 is 11.9 Å². The van der Waals surface area contributed by atoms with Gasteiger partial charge in [-0.25, -0.2) is 9.59 Å². The molecule has 2 unspecified atom stereocenters. The zero-order chi connectivity index (χ0) is 20.8. The van der Waals surface area contributed by atoms with E-state index in [4.69, 9.17) is 18.9 Å². The lowest BCUT2D eigenvalue weighted by Gasteiger charge is -2.42. The Morgan fingerprint density at radius 3 is 1.79 bits per heavy atom. The van der Waals surface area contributed by atoms with E-state index in [9.17, 15) is 19.8 Å². The summed E-state index contributed by atoms with van der Waals surface area (Å²) in [6.07, 6.45) is -6.14. The van der Waals surface area contributed by atoms with E-state index in [1.54, 1.807) is 60.7 Å². The number of esters is 2. The van der Waals surface area contributed by atoms with Gasteiger partial charge in [-0.1, -0.05) is 36.4 Å². The first-order valence-electron chi connectivity index (χ1n) is 9.04. The third-order valence-corrected chi connectivity index (χ3v) is 4.57. The lowest BCUT2D eigenvalue weighted by atomic mass is 9.98. The van der Waals surface area contributed by atoms with Crippen LogP contribution in [0.25, 0.3) is 0 Å². The Hall–Kier alpha value is -2.78. The van der Waals surface area contributed by atoms with Crippen molar-refractivity contribution in [1.29, 1.82) is 0 Å². The average molecular weight is 402 g/mol. The molecule has 2 aromatic carbocycles. The first kappa shape index (κ1) is 20.9. The zero-order valence-electron chi connectivity index (χ0n) is 15.7. The molecule has 0 radical (unpaired) electrons. The smallest absolute Gasteiger partial charge is 0.338 e. The van der Waals surface area contributed by atoms with Crippen molar-refractivity contribution in [3.8, 4) is 0 Å². The molecule has 1 fully saturated rings. The number of carbonyl (C=O) groups is 2. The fraction of sp³-hybridized carbons (Fsp3) is 0.333. The number of carbonyl (C=O) groups excluding carboxylic acids is 2. The van der Waals surface area contributed by atoms with Crippen molar-refractivity contribution < 1.29 is 38.7 Å². The van der Waals surface area contributed by atoms with E-state index in [0.29, 0.717) is 0 Å². The average Bonchev–Trinajstić information content (AvgIpc) is 2.76. The van der Waals surface area contributed by atoms with E-state index in [1.807, 2.05) is 0 Å². The van der Waals surface area contributed by atoms with Crippen molar-refractivity contribution in [3.63, 3.8) is 0 Å². The predicted molar refractivity (Wildman–Crippen MR) is 100 cm³/mol. The van der Waals surface area contributed by atoms with Gasteiger partial charge in [-0.3, -0.25) is 0 Å². The normalized spacial score (nSPS) is 26.5. The van der Waals surface area contributed by atoms with Crippen LogP contribution < -0.4 is 0 Å². The fourth-order valence-electron chi connectivity index (χ4n) is 3.12. The summed E-state index contributed by atoms with van der Waals surface area (Å²) in [5.74, 6) is -1.42. The number of ether oxygens (including phenoxy) is 4. The summed E-state index contributed by atoms with van der Waals surface area (Å²) in [5, 5.41) is 19.9. The van der Waals surface area contributed by atoms with Crippen LogP contribution in [0.1, 0.15) is 20.7 Å². The highest BCUT2D eigenvalue weighted by Gasteiger charge is 2.50. The summed E-state index contributed by atoms with van der Waals surface area (Å²) in [5.41, 5.74) is 0.531. The third-order valence-electron chi connectivity index (χ3n) is 4.57. The molecule has 0 aliphatic carbocycles. The molecule has 154 valence electrons. The van der Waals surface area contributed by atoms with Crippen LogP contribution in [-0.4, -0.2) is 66.6 Å². The highest BCUT2D eigenvalue weighted by atomic mass is 16.7. The Morgan fingerprint density at radius 1 is 0.862 bits per heavy atom. The van der Waals surface area contributed by atoms with Gasteiger partial charge in [0.25, 0.3) is 0 Å². The Balaban J connectivity index is 1.86. The number of methoxy groups -OCH3 is 1. The number of hydrogen-bond acceptors (Lipinski definition) is 8. The van der Waals surface area contributed by atoms with E-state index in [0.717, 1.165) is 0 Å². The Kier molecular flexibility index (Phi) is 6.95. The second kappa shape index (κ2) is 9.62. The molecule has 5 atom stereocenters. The van der Waals surface area contributed by atoms with Crippen molar-refractivity contribution in [2.75, 3.05) is 13.7 Å². The number of rotatable bonds is 6. The lowest BCUT2D eigenvalue weighted by molar-refractivity contribution is -0.289. The van der Waals surface area contributed by atoms with Crippen LogP contribution in [0.2, 0.25) is 0 Å². The number of benzene rings is 2. The van der Waals surface area contributed by atoms with Crippen LogP contribution >= 0.6 is 0 Å². The Bertz CT molecular complexity index is 810. The molecule has 0 amide bonds. The summed E-state index contributed by atoms with van der Waals surface area (Å²) in [4.78, 5) is 25.1. The lowest BCUT2D eigenvalue weighted by Crippen LogP contribution is -2.61. The largest absolute Gasteiger partial charge is 0.452 e. The van der Waals surface area contributed by atoms with Crippen LogP contribution in [0.4, 0.5) is 0 Å². The van der Waals surface area contributed by atoms with Crippen molar-refractivity contribution in [1.82, 2.24) is 0 Å². The van der Waals surface area contributed by atoms with Gasteiger partial charge in [0.05, 0.1) is 17.7 Å². The van der Waals surface area contributed by atoms with E-state index >= 15 is 0 Å². The molecule has 1 heterocycles. The molecular formula is C21H22O8.